The number of carbonyl (C=O) groups is 2. The third kappa shape index (κ3) is 2.76. The highest BCUT2D eigenvalue weighted by atomic mass is 16.4. The van der Waals surface area contributed by atoms with Gasteiger partial charge in [0.1, 0.15) is 5.69 Å². The van der Waals surface area contributed by atoms with Crippen LogP contribution in [0, 0.1) is 0 Å². The molecule has 0 aliphatic carbocycles. The van der Waals surface area contributed by atoms with Crippen LogP contribution in [0.1, 0.15) is 27.8 Å². The number of anilines is 1. The van der Waals surface area contributed by atoms with Crippen LogP contribution in [0.3, 0.4) is 0 Å². The first-order valence-corrected chi connectivity index (χ1v) is 5.64. The molecular formula is C12H12N4O3. The second kappa shape index (κ2) is 5.30. The third-order valence-corrected chi connectivity index (χ3v) is 2.47. The molecule has 7 nitrogen and oxygen atoms in total. The molecule has 2 aromatic rings. The van der Waals surface area contributed by atoms with Crippen molar-refractivity contribution in [2.24, 2.45) is 0 Å². The standard InChI is InChI=1S/C12H12N4O3/c1-2-16-7-8(6-14-16)15-11(17)10-9(12(18)19)4-3-5-13-10/h3-7H,2H2,1H3,(H,15,17)(H,18,19). The van der Waals surface area contributed by atoms with Crippen LogP contribution < -0.4 is 5.32 Å². The highest BCUT2D eigenvalue weighted by Crippen LogP contribution is 2.10. The maximum absolute atomic E-state index is 12.0. The molecule has 0 unspecified atom stereocenters. The lowest BCUT2D eigenvalue weighted by Gasteiger charge is -2.04. The van der Waals surface area contributed by atoms with Gasteiger partial charge in [0.25, 0.3) is 5.91 Å². The van der Waals surface area contributed by atoms with Crippen molar-refractivity contribution in [3.63, 3.8) is 0 Å². The van der Waals surface area contributed by atoms with E-state index in [9.17, 15) is 9.59 Å². The summed E-state index contributed by atoms with van der Waals surface area (Å²) in [4.78, 5) is 26.8. The first-order chi connectivity index (χ1) is 9.11. The van der Waals surface area contributed by atoms with E-state index in [-0.39, 0.29) is 11.3 Å². The third-order valence-electron chi connectivity index (χ3n) is 2.47. The summed E-state index contributed by atoms with van der Waals surface area (Å²) in [6, 6.07) is 2.80. The number of nitrogens with zero attached hydrogens (tertiary/aromatic N) is 3. The summed E-state index contributed by atoms with van der Waals surface area (Å²) in [5.74, 6) is -1.77. The Labute approximate surface area is 108 Å². The molecule has 2 heterocycles. The predicted octanol–water partition coefficient (Wildman–Crippen LogP) is 1.25. The zero-order valence-electron chi connectivity index (χ0n) is 10.2. The molecule has 0 spiro atoms. The van der Waals surface area contributed by atoms with Crippen LogP contribution in [-0.2, 0) is 6.54 Å². The van der Waals surface area contributed by atoms with Gasteiger partial charge in [-0.05, 0) is 19.1 Å². The van der Waals surface area contributed by atoms with Gasteiger partial charge in [0.05, 0.1) is 17.4 Å². The number of carboxylic acids is 1. The highest BCUT2D eigenvalue weighted by molar-refractivity contribution is 6.09. The molecule has 0 saturated carbocycles. The molecule has 0 bridgehead atoms. The van der Waals surface area contributed by atoms with Gasteiger partial charge in [-0.3, -0.25) is 14.5 Å². The number of rotatable bonds is 4. The highest BCUT2D eigenvalue weighted by Gasteiger charge is 2.17. The molecule has 0 radical (unpaired) electrons. The van der Waals surface area contributed by atoms with E-state index in [0.29, 0.717) is 12.2 Å². The van der Waals surface area contributed by atoms with Crippen LogP contribution in [0.2, 0.25) is 0 Å². The molecule has 98 valence electrons. The fraction of sp³-hybridized carbons (Fsp3) is 0.167. The van der Waals surface area contributed by atoms with Crippen molar-refractivity contribution >= 4 is 17.6 Å². The van der Waals surface area contributed by atoms with Crippen molar-refractivity contribution in [3.8, 4) is 0 Å². The Hall–Kier alpha value is -2.70. The van der Waals surface area contributed by atoms with Gasteiger partial charge < -0.3 is 10.4 Å². The average Bonchev–Trinajstić information content (AvgIpc) is 2.86. The summed E-state index contributed by atoms with van der Waals surface area (Å²) in [7, 11) is 0. The Morgan fingerprint density at radius 1 is 1.47 bits per heavy atom. The second-order valence-electron chi connectivity index (χ2n) is 3.74. The van der Waals surface area contributed by atoms with Crippen molar-refractivity contribution < 1.29 is 14.7 Å². The maximum atomic E-state index is 12.0. The van der Waals surface area contributed by atoms with Gasteiger partial charge in [0.15, 0.2) is 0 Å². The topological polar surface area (TPSA) is 97.1 Å². The van der Waals surface area contributed by atoms with Gasteiger partial charge in [-0.15, -0.1) is 0 Å². The van der Waals surface area contributed by atoms with E-state index in [0.717, 1.165) is 0 Å². The van der Waals surface area contributed by atoms with E-state index in [4.69, 9.17) is 5.11 Å². The molecule has 2 N–H and O–H groups in total. The number of carboxylic acid groups (broad SMARTS) is 1. The number of carbonyl (C=O) groups excluding carboxylic acids is 1. The van der Waals surface area contributed by atoms with Crippen LogP contribution in [-0.4, -0.2) is 31.7 Å². The zero-order chi connectivity index (χ0) is 13.8. The van der Waals surface area contributed by atoms with E-state index in [1.165, 1.54) is 24.5 Å². The Morgan fingerprint density at radius 2 is 2.26 bits per heavy atom. The number of hydrogen-bond donors (Lipinski definition) is 2. The summed E-state index contributed by atoms with van der Waals surface area (Å²) >= 11 is 0. The van der Waals surface area contributed by atoms with Crippen molar-refractivity contribution in [2.45, 2.75) is 13.5 Å². The van der Waals surface area contributed by atoms with E-state index in [2.05, 4.69) is 15.4 Å². The fourth-order valence-corrected chi connectivity index (χ4v) is 1.55. The lowest BCUT2D eigenvalue weighted by molar-refractivity contribution is 0.0691. The van der Waals surface area contributed by atoms with E-state index < -0.39 is 11.9 Å². The molecule has 2 aromatic heterocycles. The first-order valence-electron chi connectivity index (χ1n) is 5.64. The van der Waals surface area contributed by atoms with Gasteiger partial charge in [0.2, 0.25) is 0 Å². The Kier molecular flexibility index (Phi) is 3.56. The van der Waals surface area contributed by atoms with E-state index >= 15 is 0 Å². The van der Waals surface area contributed by atoms with Crippen molar-refractivity contribution in [2.75, 3.05) is 5.32 Å². The normalized spacial score (nSPS) is 10.2. The molecule has 0 aliphatic heterocycles. The van der Waals surface area contributed by atoms with Gasteiger partial charge in [-0.25, -0.2) is 4.79 Å². The van der Waals surface area contributed by atoms with Crippen LogP contribution in [0.4, 0.5) is 5.69 Å². The summed E-state index contributed by atoms with van der Waals surface area (Å²) < 4.78 is 1.64. The molecule has 0 saturated heterocycles. The minimum absolute atomic E-state index is 0.126. The second-order valence-corrected chi connectivity index (χ2v) is 3.74. The number of nitrogens with one attached hydrogen (secondary N) is 1. The van der Waals surface area contributed by atoms with Gasteiger partial charge >= 0.3 is 5.97 Å². The molecule has 1 amide bonds. The van der Waals surface area contributed by atoms with Crippen molar-refractivity contribution in [1.82, 2.24) is 14.8 Å². The number of aromatic carboxylic acids is 1. The zero-order valence-corrected chi connectivity index (χ0v) is 10.2. The van der Waals surface area contributed by atoms with Crippen LogP contribution >= 0.6 is 0 Å². The number of amides is 1. The minimum atomic E-state index is -1.19. The Bertz CT molecular complexity index is 621. The number of aromatic nitrogens is 3. The number of aryl methyl sites for hydroxylation is 1. The predicted molar refractivity (Wildman–Crippen MR) is 67.1 cm³/mol. The fourth-order valence-electron chi connectivity index (χ4n) is 1.55. The van der Waals surface area contributed by atoms with Gasteiger partial charge in [-0.1, -0.05) is 0 Å². The van der Waals surface area contributed by atoms with Crippen LogP contribution in [0.25, 0.3) is 0 Å². The molecule has 0 aliphatic rings. The van der Waals surface area contributed by atoms with Gasteiger partial charge in [-0.2, -0.15) is 5.10 Å². The van der Waals surface area contributed by atoms with Crippen LogP contribution in [0.15, 0.2) is 30.7 Å². The SMILES string of the molecule is CCn1cc(NC(=O)c2ncccc2C(=O)O)cn1. The summed E-state index contributed by atoms with van der Waals surface area (Å²) in [6.07, 6.45) is 4.52. The Balaban J connectivity index is 2.22. The van der Waals surface area contributed by atoms with Crippen LogP contribution in [0.5, 0.6) is 0 Å². The first kappa shape index (κ1) is 12.7. The lowest BCUT2D eigenvalue weighted by atomic mass is 10.2. The molecule has 0 atom stereocenters. The van der Waals surface area contributed by atoms with Crippen molar-refractivity contribution in [1.29, 1.82) is 0 Å². The lowest BCUT2D eigenvalue weighted by Crippen LogP contribution is -2.17. The average molecular weight is 260 g/mol. The minimum Gasteiger partial charge on any atom is -0.478 e. The number of hydrogen-bond acceptors (Lipinski definition) is 4. The quantitative estimate of drug-likeness (QED) is 0.862. The maximum Gasteiger partial charge on any atom is 0.338 e. The monoisotopic (exact) mass is 260 g/mol. The Morgan fingerprint density at radius 3 is 2.89 bits per heavy atom. The summed E-state index contributed by atoms with van der Waals surface area (Å²) in [5, 5.41) is 15.6. The summed E-state index contributed by atoms with van der Waals surface area (Å²) in [6.45, 7) is 2.60. The van der Waals surface area contributed by atoms with Gasteiger partial charge in [0, 0.05) is 18.9 Å². The molecule has 7 heteroatoms. The molecule has 2 rings (SSSR count). The molecule has 19 heavy (non-hydrogen) atoms. The largest absolute Gasteiger partial charge is 0.478 e. The van der Waals surface area contributed by atoms with E-state index in [1.807, 2.05) is 6.92 Å². The molecule has 0 aromatic carbocycles. The smallest absolute Gasteiger partial charge is 0.338 e. The summed E-state index contributed by atoms with van der Waals surface area (Å²) in [5.41, 5.74) is 0.232. The van der Waals surface area contributed by atoms with E-state index in [1.54, 1.807) is 10.9 Å². The van der Waals surface area contributed by atoms with Crippen molar-refractivity contribution in [3.05, 3.63) is 42.0 Å². The molecule has 0 fully saturated rings. The molecular weight excluding hydrogens is 248 g/mol. The number of pyridine rings is 1.